The first-order valence-corrected chi connectivity index (χ1v) is 6.19. The number of fused-ring (bicyclic) bond motifs is 1. The van der Waals surface area contributed by atoms with Gasteiger partial charge in [0.15, 0.2) is 0 Å². The SMILES string of the molecule is O=C(O)c1cc(NC2OC(=O)c3ccccc32)ccc1O. The Balaban J connectivity index is 1.90. The van der Waals surface area contributed by atoms with E-state index in [1.54, 1.807) is 24.3 Å². The lowest BCUT2D eigenvalue weighted by Gasteiger charge is -2.15. The van der Waals surface area contributed by atoms with Crippen LogP contribution in [0.1, 0.15) is 32.5 Å². The monoisotopic (exact) mass is 285 g/mol. The summed E-state index contributed by atoms with van der Waals surface area (Å²) in [7, 11) is 0. The Kier molecular flexibility index (Phi) is 2.98. The molecule has 2 aromatic carbocycles. The number of phenols is 1. The van der Waals surface area contributed by atoms with E-state index in [0.29, 0.717) is 16.8 Å². The molecule has 1 heterocycles. The van der Waals surface area contributed by atoms with Gasteiger partial charge in [-0.3, -0.25) is 0 Å². The molecule has 1 aliphatic heterocycles. The predicted molar refractivity (Wildman–Crippen MR) is 73.3 cm³/mol. The third-order valence-electron chi connectivity index (χ3n) is 3.21. The number of hydrogen-bond acceptors (Lipinski definition) is 5. The highest BCUT2D eigenvalue weighted by Crippen LogP contribution is 2.32. The molecule has 0 fully saturated rings. The molecule has 0 saturated heterocycles. The molecule has 0 aliphatic carbocycles. The summed E-state index contributed by atoms with van der Waals surface area (Å²) >= 11 is 0. The van der Waals surface area contributed by atoms with Gasteiger partial charge < -0.3 is 20.3 Å². The van der Waals surface area contributed by atoms with E-state index in [9.17, 15) is 14.7 Å². The van der Waals surface area contributed by atoms with E-state index in [1.807, 2.05) is 0 Å². The molecule has 3 N–H and O–H groups in total. The van der Waals surface area contributed by atoms with Crippen molar-refractivity contribution in [2.45, 2.75) is 6.23 Å². The van der Waals surface area contributed by atoms with Crippen molar-refractivity contribution in [3.8, 4) is 5.75 Å². The van der Waals surface area contributed by atoms with Gasteiger partial charge in [0, 0.05) is 11.3 Å². The summed E-state index contributed by atoms with van der Waals surface area (Å²) in [4.78, 5) is 22.7. The maximum atomic E-state index is 11.7. The van der Waals surface area contributed by atoms with Crippen LogP contribution in [0.15, 0.2) is 42.5 Å². The second-order valence-electron chi connectivity index (χ2n) is 4.55. The fourth-order valence-electron chi connectivity index (χ4n) is 2.20. The number of aromatic hydroxyl groups is 1. The molecule has 0 spiro atoms. The smallest absolute Gasteiger partial charge is 0.340 e. The average molecular weight is 285 g/mol. The highest BCUT2D eigenvalue weighted by atomic mass is 16.6. The van der Waals surface area contributed by atoms with Crippen molar-refractivity contribution in [3.63, 3.8) is 0 Å². The van der Waals surface area contributed by atoms with Gasteiger partial charge in [0.05, 0.1) is 5.56 Å². The summed E-state index contributed by atoms with van der Waals surface area (Å²) in [6, 6.07) is 11.0. The zero-order valence-corrected chi connectivity index (χ0v) is 10.7. The molecule has 6 nitrogen and oxygen atoms in total. The number of esters is 1. The Morgan fingerprint density at radius 2 is 1.95 bits per heavy atom. The van der Waals surface area contributed by atoms with Crippen LogP contribution in [0.4, 0.5) is 5.69 Å². The molecule has 1 unspecified atom stereocenters. The summed E-state index contributed by atoms with van der Waals surface area (Å²) in [5, 5.41) is 21.4. The van der Waals surface area contributed by atoms with Crippen molar-refractivity contribution in [1.29, 1.82) is 0 Å². The van der Waals surface area contributed by atoms with Crippen LogP contribution in [0.2, 0.25) is 0 Å². The van der Waals surface area contributed by atoms with Gasteiger partial charge in [0.1, 0.15) is 11.3 Å². The number of cyclic esters (lactones) is 1. The molecule has 0 bridgehead atoms. The van der Waals surface area contributed by atoms with E-state index < -0.39 is 18.2 Å². The van der Waals surface area contributed by atoms with Crippen molar-refractivity contribution < 1.29 is 24.5 Å². The molecule has 0 saturated carbocycles. The Bertz CT molecular complexity index is 741. The van der Waals surface area contributed by atoms with Gasteiger partial charge in [-0.2, -0.15) is 0 Å². The maximum absolute atomic E-state index is 11.7. The molecule has 1 aliphatic rings. The number of anilines is 1. The van der Waals surface area contributed by atoms with Gasteiger partial charge in [0.2, 0.25) is 6.23 Å². The van der Waals surface area contributed by atoms with Crippen LogP contribution in [0.25, 0.3) is 0 Å². The van der Waals surface area contributed by atoms with Gasteiger partial charge in [-0.1, -0.05) is 18.2 Å². The zero-order valence-electron chi connectivity index (χ0n) is 10.7. The molecule has 2 aromatic rings. The molecule has 6 heteroatoms. The Hall–Kier alpha value is -3.02. The molecular formula is C15H11NO5. The number of carbonyl (C=O) groups excluding carboxylic acids is 1. The summed E-state index contributed by atoms with van der Waals surface area (Å²) in [5.41, 5.74) is 1.37. The van der Waals surface area contributed by atoms with Crippen molar-refractivity contribution in [3.05, 3.63) is 59.2 Å². The number of carboxylic acids is 1. The number of benzene rings is 2. The average Bonchev–Trinajstić information content (AvgIpc) is 2.78. The van der Waals surface area contributed by atoms with Crippen LogP contribution in [0, 0.1) is 0 Å². The molecule has 0 radical (unpaired) electrons. The Labute approximate surface area is 119 Å². The minimum Gasteiger partial charge on any atom is -0.507 e. The van der Waals surface area contributed by atoms with Crippen molar-refractivity contribution >= 4 is 17.6 Å². The number of rotatable bonds is 3. The molecule has 106 valence electrons. The molecule has 0 aromatic heterocycles. The van der Waals surface area contributed by atoms with Crippen LogP contribution in [-0.2, 0) is 4.74 Å². The Morgan fingerprint density at radius 1 is 1.19 bits per heavy atom. The van der Waals surface area contributed by atoms with Gasteiger partial charge >= 0.3 is 11.9 Å². The molecule has 21 heavy (non-hydrogen) atoms. The number of nitrogens with one attached hydrogen (secondary N) is 1. The summed E-state index contributed by atoms with van der Waals surface area (Å²) in [6.45, 7) is 0. The fourth-order valence-corrected chi connectivity index (χ4v) is 2.20. The van der Waals surface area contributed by atoms with Crippen molar-refractivity contribution in [2.24, 2.45) is 0 Å². The second-order valence-corrected chi connectivity index (χ2v) is 4.55. The number of aromatic carboxylic acids is 1. The van der Waals surface area contributed by atoms with E-state index in [0.717, 1.165) is 0 Å². The zero-order chi connectivity index (χ0) is 15.0. The van der Waals surface area contributed by atoms with Gasteiger partial charge in [-0.05, 0) is 24.3 Å². The molecule has 0 amide bonds. The van der Waals surface area contributed by atoms with Crippen LogP contribution < -0.4 is 5.32 Å². The van der Waals surface area contributed by atoms with E-state index in [4.69, 9.17) is 9.84 Å². The third-order valence-corrected chi connectivity index (χ3v) is 3.21. The lowest BCUT2D eigenvalue weighted by Crippen LogP contribution is -2.11. The van der Waals surface area contributed by atoms with Gasteiger partial charge in [0.25, 0.3) is 0 Å². The highest BCUT2D eigenvalue weighted by Gasteiger charge is 2.30. The standard InChI is InChI=1S/C15H11NO5/c17-12-6-5-8(7-11(12)14(18)19)16-13-9-3-1-2-4-10(9)15(20)21-13/h1-7,13,16-17H,(H,18,19). The highest BCUT2D eigenvalue weighted by molar-refractivity contribution is 5.94. The quantitative estimate of drug-likeness (QED) is 0.592. The van der Waals surface area contributed by atoms with Crippen molar-refractivity contribution in [1.82, 2.24) is 0 Å². The lowest BCUT2D eigenvalue weighted by atomic mass is 10.1. The van der Waals surface area contributed by atoms with E-state index >= 15 is 0 Å². The number of carboxylic acid groups (broad SMARTS) is 1. The van der Waals surface area contributed by atoms with E-state index in [1.165, 1.54) is 18.2 Å². The fraction of sp³-hybridized carbons (Fsp3) is 0.0667. The minimum atomic E-state index is -1.24. The number of ether oxygens (including phenoxy) is 1. The first kappa shape index (κ1) is 13.0. The van der Waals surface area contributed by atoms with Gasteiger partial charge in [-0.15, -0.1) is 0 Å². The Morgan fingerprint density at radius 3 is 2.71 bits per heavy atom. The largest absolute Gasteiger partial charge is 0.507 e. The van der Waals surface area contributed by atoms with Gasteiger partial charge in [-0.25, -0.2) is 9.59 Å². The molecule has 3 rings (SSSR count). The summed E-state index contributed by atoms with van der Waals surface area (Å²) in [6.07, 6.45) is -0.681. The lowest BCUT2D eigenvalue weighted by molar-refractivity contribution is 0.0436. The van der Waals surface area contributed by atoms with Crippen LogP contribution >= 0.6 is 0 Å². The minimum absolute atomic E-state index is 0.224. The van der Waals surface area contributed by atoms with Crippen LogP contribution in [0.3, 0.4) is 0 Å². The number of hydrogen-bond donors (Lipinski definition) is 3. The van der Waals surface area contributed by atoms with Crippen molar-refractivity contribution in [2.75, 3.05) is 5.32 Å². The summed E-state index contributed by atoms with van der Waals surface area (Å²) in [5.74, 6) is -1.99. The van der Waals surface area contributed by atoms with Crippen LogP contribution in [-0.4, -0.2) is 22.2 Å². The topological polar surface area (TPSA) is 95.9 Å². The maximum Gasteiger partial charge on any atom is 0.340 e. The molecule has 1 atom stereocenters. The third kappa shape index (κ3) is 2.27. The van der Waals surface area contributed by atoms with E-state index in [2.05, 4.69) is 5.32 Å². The first-order chi connectivity index (χ1) is 10.1. The second kappa shape index (κ2) is 4.82. The van der Waals surface area contributed by atoms with E-state index in [-0.39, 0.29) is 11.3 Å². The first-order valence-electron chi connectivity index (χ1n) is 6.19. The van der Waals surface area contributed by atoms with Crippen LogP contribution in [0.5, 0.6) is 5.75 Å². The number of carbonyl (C=O) groups is 2. The molecular weight excluding hydrogens is 274 g/mol. The normalized spacial score (nSPS) is 16.2. The summed E-state index contributed by atoms with van der Waals surface area (Å²) < 4.78 is 5.21. The predicted octanol–water partition coefficient (Wildman–Crippen LogP) is 2.37.